The van der Waals surface area contributed by atoms with Gasteiger partial charge in [-0.3, -0.25) is 0 Å². The number of hydrogen-bond acceptors (Lipinski definition) is 3. The summed E-state index contributed by atoms with van der Waals surface area (Å²) in [6, 6.07) is 14.3. The van der Waals surface area contributed by atoms with Crippen molar-refractivity contribution >= 4 is 38.3 Å². The quantitative estimate of drug-likeness (QED) is 0.757. The number of rotatable bonds is 3. The van der Waals surface area contributed by atoms with Crippen LogP contribution in [-0.2, 0) is 6.42 Å². The second-order valence-corrected chi connectivity index (χ2v) is 5.48. The number of fused-ring (bicyclic) bond motifs is 1. The molecule has 4 heteroatoms. The smallest absolute Gasteiger partial charge is 0.141 e. The number of nitrogens with one attached hydrogen (secondary N) is 1. The predicted molar refractivity (Wildman–Crippen MR) is 86.3 cm³/mol. The Balaban J connectivity index is 2.06. The normalized spacial score (nSPS) is 10.7. The Morgan fingerprint density at radius 3 is 2.80 bits per heavy atom. The molecule has 0 unspecified atom stereocenters. The highest BCUT2D eigenvalue weighted by Crippen LogP contribution is 2.25. The molecule has 0 aliphatic carbocycles. The van der Waals surface area contributed by atoms with Gasteiger partial charge in [-0.25, -0.2) is 9.97 Å². The maximum absolute atomic E-state index is 4.37. The molecule has 1 aromatic heterocycles. The van der Waals surface area contributed by atoms with Crippen molar-refractivity contribution in [3.63, 3.8) is 0 Å². The largest absolute Gasteiger partial charge is 0.340 e. The summed E-state index contributed by atoms with van der Waals surface area (Å²) >= 11 is 3.48. The van der Waals surface area contributed by atoms with Gasteiger partial charge >= 0.3 is 0 Å². The number of aromatic nitrogens is 2. The van der Waals surface area contributed by atoms with Gasteiger partial charge in [0.05, 0.1) is 5.52 Å². The van der Waals surface area contributed by atoms with Crippen molar-refractivity contribution in [2.24, 2.45) is 0 Å². The molecule has 20 heavy (non-hydrogen) atoms. The standard InChI is InChI=1S/C16H14BrN3/c1-2-11-6-7-15-14(8-11)16(19-10-18-15)20-13-5-3-4-12(17)9-13/h3-10H,2H2,1H3,(H,18,19,20). The first kappa shape index (κ1) is 13.1. The zero-order valence-electron chi connectivity index (χ0n) is 11.1. The van der Waals surface area contributed by atoms with E-state index in [-0.39, 0.29) is 0 Å². The average Bonchev–Trinajstić information content (AvgIpc) is 2.47. The van der Waals surface area contributed by atoms with E-state index in [1.807, 2.05) is 30.3 Å². The minimum atomic E-state index is 0.836. The molecule has 3 nitrogen and oxygen atoms in total. The van der Waals surface area contributed by atoms with E-state index in [1.165, 1.54) is 5.56 Å². The third-order valence-electron chi connectivity index (χ3n) is 3.20. The molecule has 2 aromatic carbocycles. The molecule has 1 heterocycles. The minimum Gasteiger partial charge on any atom is -0.340 e. The molecule has 0 saturated carbocycles. The van der Waals surface area contributed by atoms with Gasteiger partial charge in [-0.05, 0) is 42.3 Å². The molecule has 0 radical (unpaired) electrons. The van der Waals surface area contributed by atoms with Crippen LogP contribution in [0.15, 0.2) is 53.3 Å². The first-order chi connectivity index (χ1) is 9.76. The van der Waals surface area contributed by atoms with Crippen LogP contribution in [-0.4, -0.2) is 9.97 Å². The minimum absolute atomic E-state index is 0.836. The van der Waals surface area contributed by atoms with Crippen LogP contribution in [0.1, 0.15) is 12.5 Å². The van der Waals surface area contributed by atoms with E-state index in [0.717, 1.165) is 33.3 Å². The molecular weight excluding hydrogens is 314 g/mol. The zero-order chi connectivity index (χ0) is 13.9. The number of anilines is 2. The number of nitrogens with zero attached hydrogens (tertiary/aromatic N) is 2. The van der Waals surface area contributed by atoms with Crippen molar-refractivity contribution in [2.75, 3.05) is 5.32 Å². The monoisotopic (exact) mass is 327 g/mol. The zero-order valence-corrected chi connectivity index (χ0v) is 12.7. The van der Waals surface area contributed by atoms with E-state index in [9.17, 15) is 0 Å². The lowest BCUT2D eigenvalue weighted by Gasteiger charge is -2.09. The second-order valence-electron chi connectivity index (χ2n) is 4.56. The summed E-state index contributed by atoms with van der Waals surface area (Å²) in [5.41, 5.74) is 3.24. The molecule has 0 aliphatic rings. The van der Waals surface area contributed by atoms with Gasteiger partial charge in [0.1, 0.15) is 12.1 Å². The highest BCUT2D eigenvalue weighted by atomic mass is 79.9. The van der Waals surface area contributed by atoms with Crippen LogP contribution in [0.3, 0.4) is 0 Å². The maximum Gasteiger partial charge on any atom is 0.141 e. The van der Waals surface area contributed by atoms with Crippen LogP contribution in [0.2, 0.25) is 0 Å². The number of hydrogen-bond donors (Lipinski definition) is 1. The Morgan fingerprint density at radius 2 is 2.00 bits per heavy atom. The molecule has 0 saturated heterocycles. The molecule has 3 aromatic rings. The molecular formula is C16H14BrN3. The fourth-order valence-electron chi connectivity index (χ4n) is 2.13. The first-order valence-electron chi connectivity index (χ1n) is 6.52. The van der Waals surface area contributed by atoms with Gasteiger partial charge in [-0.2, -0.15) is 0 Å². The Bertz CT molecular complexity index is 756. The molecule has 100 valence electrons. The van der Waals surface area contributed by atoms with Crippen molar-refractivity contribution in [3.05, 3.63) is 58.8 Å². The van der Waals surface area contributed by atoms with E-state index in [2.05, 4.69) is 50.3 Å². The lowest BCUT2D eigenvalue weighted by atomic mass is 10.1. The summed E-state index contributed by atoms with van der Waals surface area (Å²) in [5, 5.41) is 4.41. The van der Waals surface area contributed by atoms with Gasteiger partial charge in [0.2, 0.25) is 0 Å². The van der Waals surface area contributed by atoms with Gasteiger partial charge in [0.25, 0.3) is 0 Å². The number of benzene rings is 2. The fraction of sp³-hybridized carbons (Fsp3) is 0.125. The number of halogens is 1. The van der Waals surface area contributed by atoms with Gasteiger partial charge < -0.3 is 5.32 Å². The Labute approximate surface area is 126 Å². The van der Waals surface area contributed by atoms with Crippen molar-refractivity contribution < 1.29 is 0 Å². The summed E-state index contributed by atoms with van der Waals surface area (Å²) < 4.78 is 1.04. The highest BCUT2D eigenvalue weighted by molar-refractivity contribution is 9.10. The van der Waals surface area contributed by atoms with Crippen molar-refractivity contribution in [1.29, 1.82) is 0 Å². The van der Waals surface area contributed by atoms with E-state index in [1.54, 1.807) is 6.33 Å². The molecule has 3 rings (SSSR count). The summed E-state index contributed by atoms with van der Waals surface area (Å²) in [5.74, 6) is 0.836. The van der Waals surface area contributed by atoms with Crippen molar-refractivity contribution in [1.82, 2.24) is 9.97 Å². The summed E-state index contributed by atoms with van der Waals surface area (Å²) in [6.07, 6.45) is 2.59. The van der Waals surface area contributed by atoms with Crippen LogP contribution in [0, 0.1) is 0 Å². The van der Waals surface area contributed by atoms with Crippen molar-refractivity contribution in [2.45, 2.75) is 13.3 Å². The Morgan fingerprint density at radius 1 is 1.10 bits per heavy atom. The number of aryl methyl sites for hydroxylation is 1. The summed E-state index contributed by atoms with van der Waals surface area (Å²) in [6.45, 7) is 2.15. The molecule has 0 aliphatic heterocycles. The fourth-order valence-corrected chi connectivity index (χ4v) is 2.53. The Hall–Kier alpha value is -1.94. The van der Waals surface area contributed by atoms with E-state index in [0.29, 0.717) is 0 Å². The van der Waals surface area contributed by atoms with Crippen LogP contribution in [0.25, 0.3) is 10.9 Å². The van der Waals surface area contributed by atoms with Crippen LogP contribution in [0.5, 0.6) is 0 Å². The second kappa shape index (κ2) is 5.59. The van der Waals surface area contributed by atoms with E-state index >= 15 is 0 Å². The molecule has 0 fully saturated rings. The van der Waals surface area contributed by atoms with E-state index in [4.69, 9.17) is 0 Å². The topological polar surface area (TPSA) is 37.8 Å². The molecule has 1 N–H and O–H groups in total. The van der Waals surface area contributed by atoms with Gasteiger partial charge in [0, 0.05) is 15.5 Å². The lowest BCUT2D eigenvalue weighted by Crippen LogP contribution is -1.96. The van der Waals surface area contributed by atoms with E-state index < -0.39 is 0 Å². The molecule has 0 amide bonds. The van der Waals surface area contributed by atoms with Gasteiger partial charge in [-0.15, -0.1) is 0 Å². The van der Waals surface area contributed by atoms with Crippen LogP contribution in [0.4, 0.5) is 11.5 Å². The highest BCUT2D eigenvalue weighted by Gasteiger charge is 2.05. The molecule has 0 bridgehead atoms. The van der Waals surface area contributed by atoms with Crippen LogP contribution < -0.4 is 5.32 Å². The molecule has 0 spiro atoms. The lowest BCUT2D eigenvalue weighted by molar-refractivity contribution is 1.14. The first-order valence-corrected chi connectivity index (χ1v) is 7.32. The van der Waals surface area contributed by atoms with Gasteiger partial charge in [-0.1, -0.05) is 35.0 Å². The summed E-state index contributed by atoms with van der Waals surface area (Å²) in [4.78, 5) is 8.69. The summed E-state index contributed by atoms with van der Waals surface area (Å²) in [7, 11) is 0. The van der Waals surface area contributed by atoms with Gasteiger partial charge in [0.15, 0.2) is 0 Å². The predicted octanol–water partition coefficient (Wildman–Crippen LogP) is 4.70. The third-order valence-corrected chi connectivity index (χ3v) is 3.69. The SMILES string of the molecule is CCc1ccc2ncnc(Nc3cccc(Br)c3)c2c1. The third kappa shape index (κ3) is 2.65. The maximum atomic E-state index is 4.37. The average molecular weight is 328 g/mol. The Kier molecular flexibility index (Phi) is 3.65. The van der Waals surface area contributed by atoms with Crippen molar-refractivity contribution in [3.8, 4) is 0 Å². The van der Waals surface area contributed by atoms with Crippen LogP contribution >= 0.6 is 15.9 Å². The molecule has 0 atom stereocenters.